The Balaban J connectivity index is 2.22. The van der Waals surface area contributed by atoms with E-state index in [1.54, 1.807) is 19.1 Å². The highest BCUT2D eigenvalue weighted by Gasteiger charge is 2.12. The van der Waals surface area contributed by atoms with Crippen molar-refractivity contribution in [2.45, 2.75) is 26.4 Å². The Morgan fingerprint density at radius 1 is 1.20 bits per heavy atom. The Hall–Kier alpha value is -1.80. The normalized spacial score (nSPS) is 11.9. The van der Waals surface area contributed by atoms with Crippen LogP contribution in [-0.2, 0) is 0 Å². The van der Waals surface area contributed by atoms with Crippen LogP contribution < -0.4 is 4.74 Å². The van der Waals surface area contributed by atoms with E-state index < -0.39 is 0 Å². The van der Waals surface area contributed by atoms with Crippen LogP contribution in [0.1, 0.15) is 42.3 Å². The molecule has 0 aliphatic rings. The molecule has 0 saturated heterocycles. The number of hydrogen-bond acceptors (Lipinski definition) is 2. The van der Waals surface area contributed by atoms with Crippen molar-refractivity contribution in [2.75, 3.05) is 0 Å². The largest absolute Gasteiger partial charge is 0.486 e. The maximum atomic E-state index is 11.4. The Morgan fingerprint density at radius 2 is 1.95 bits per heavy atom. The minimum absolute atomic E-state index is 0.0336. The van der Waals surface area contributed by atoms with Gasteiger partial charge in [-0.15, -0.1) is 0 Å². The second-order valence-electron chi connectivity index (χ2n) is 4.65. The summed E-state index contributed by atoms with van der Waals surface area (Å²) in [5.74, 6) is 0.732. The number of carbonyl (C=O) groups is 1. The molecule has 20 heavy (non-hydrogen) atoms. The lowest BCUT2D eigenvalue weighted by Crippen LogP contribution is -2.07. The monoisotopic (exact) mass is 288 g/mol. The van der Waals surface area contributed by atoms with Gasteiger partial charge in [0.25, 0.3) is 0 Å². The van der Waals surface area contributed by atoms with Crippen molar-refractivity contribution in [1.29, 1.82) is 0 Å². The first-order valence-corrected chi connectivity index (χ1v) is 7.01. The predicted molar refractivity (Wildman–Crippen MR) is 81.6 cm³/mol. The fourth-order valence-corrected chi connectivity index (χ4v) is 2.25. The number of ketones is 1. The maximum absolute atomic E-state index is 11.4. The Morgan fingerprint density at radius 3 is 2.60 bits per heavy atom. The second-order valence-corrected chi connectivity index (χ2v) is 5.09. The molecular formula is C17H17ClO2. The molecule has 0 radical (unpaired) electrons. The van der Waals surface area contributed by atoms with Crippen LogP contribution in [0.2, 0.25) is 5.02 Å². The molecule has 2 rings (SSSR count). The van der Waals surface area contributed by atoms with Gasteiger partial charge in [0.1, 0.15) is 11.9 Å². The van der Waals surface area contributed by atoms with E-state index in [0.29, 0.717) is 16.3 Å². The molecule has 3 heteroatoms. The number of rotatable bonds is 5. The SMILES string of the molecule is CC[C@@H](Oc1cccc(C(C)=O)c1)c1cccc(Cl)c1. The van der Waals surface area contributed by atoms with Crippen LogP contribution in [0.3, 0.4) is 0 Å². The summed E-state index contributed by atoms with van der Waals surface area (Å²) in [6.07, 6.45) is 0.751. The molecule has 0 aliphatic carbocycles. The fourth-order valence-electron chi connectivity index (χ4n) is 2.05. The summed E-state index contributed by atoms with van der Waals surface area (Å²) in [5, 5.41) is 0.696. The van der Waals surface area contributed by atoms with E-state index in [2.05, 4.69) is 6.92 Å². The van der Waals surface area contributed by atoms with Gasteiger partial charge in [0, 0.05) is 10.6 Å². The quantitative estimate of drug-likeness (QED) is 0.718. The van der Waals surface area contributed by atoms with Crippen LogP contribution in [0.5, 0.6) is 5.75 Å². The smallest absolute Gasteiger partial charge is 0.159 e. The first-order valence-electron chi connectivity index (χ1n) is 6.63. The lowest BCUT2D eigenvalue weighted by atomic mass is 10.1. The number of hydrogen-bond donors (Lipinski definition) is 0. The number of ether oxygens (including phenoxy) is 1. The molecule has 0 heterocycles. The fraction of sp³-hybridized carbons (Fsp3) is 0.235. The molecular weight excluding hydrogens is 272 g/mol. The highest BCUT2D eigenvalue weighted by Crippen LogP contribution is 2.27. The lowest BCUT2D eigenvalue weighted by Gasteiger charge is -2.18. The van der Waals surface area contributed by atoms with Gasteiger partial charge in [-0.3, -0.25) is 4.79 Å². The zero-order valence-corrected chi connectivity index (χ0v) is 12.4. The molecule has 0 saturated carbocycles. The molecule has 0 N–H and O–H groups in total. The molecule has 104 valence electrons. The molecule has 2 aromatic carbocycles. The summed E-state index contributed by atoms with van der Waals surface area (Å²) in [5.41, 5.74) is 1.69. The minimum atomic E-state index is -0.0732. The Labute approximate surface area is 124 Å². The van der Waals surface area contributed by atoms with E-state index in [1.165, 1.54) is 0 Å². The van der Waals surface area contributed by atoms with Crippen molar-refractivity contribution < 1.29 is 9.53 Å². The highest BCUT2D eigenvalue weighted by molar-refractivity contribution is 6.30. The molecule has 0 spiro atoms. The van der Waals surface area contributed by atoms with Crippen LogP contribution in [0.15, 0.2) is 48.5 Å². The van der Waals surface area contributed by atoms with Gasteiger partial charge < -0.3 is 4.74 Å². The van der Waals surface area contributed by atoms with Crippen molar-refractivity contribution >= 4 is 17.4 Å². The van der Waals surface area contributed by atoms with Crippen molar-refractivity contribution in [3.8, 4) is 5.75 Å². The van der Waals surface area contributed by atoms with Crippen molar-refractivity contribution in [3.63, 3.8) is 0 Å². The Bertz CT molecular complexity index is 607. The van der Waals surface area contributed by atoms with Crippen molar-refractivity contribution in [3.05, 3.63) is 64.7 Å². The molecule has 2 aromatic rings. The van der Waals surface area contributed by atoms with Gasteiger partial charge in [-0.2, -0.15) is 0 Å². The first kappa shape index (κ1) is 14.6. The predicted octanol–water partition coefficient (Wildman–Crippen LogP) is 5.07. The molecule has 0 aromatic heterocycles. The van der Waals surface area contributed by atoms with E-state index in [4.69, 9.17) is 16.3 Å². The zero-order valence-electron chi connectivity index (χ0n) is 11.6. The average Bonchev–Trinajstić information content (AvgIpc) is 2.45. The van der Waals surface area contributed by atoms with Gasteiger partial charge in [-0.05, 0) is 43.2 Å². The average molecular weight is 289 g/mol. The number of benzene rings is 2. The number of carbonyl (C=O) groups excluding carboxylic acids is 1. The van der Waals surface area contributed by atoms with E-state index in [-0.39, 0.29) is 11.9 Å². The van der Waals surface area contributed by atoms with Crippen LogP contribution in [0, 0.1) is 0 Å². The van der Waals surface area contributed by atoms with Crippen molar-refractivity contribution in [1.82, 2.24) is 0 Å². The summed E-state index contributed by atoms with van der Waals surface area (Å²) < 4.78 is 5.98. The molecule has 0 fully saturated rings. The standard InChI is InChI=1S/C17H17ClO2/c1-3-17(14-7-4-8-15(18)10-14)20-16-9-5-6-13(11-16)12(2)19/h4-11,17H,3H2,1-2H3/t17-/m1/s1. The summed E-state index contributed by atoms with van der Waals surface area (Å²) in [4.78, 5) is 11.4. The van der Waals surface area contributed by atoms with E-state index >= 15 is 0 Å². The van der Waals surface area contributed by atoms with Gasteiger partial charge >= 0.3 is 0 Å². The second kappa shape index (κ2) is 6.58. The summed E-state index contributed by atoms with van der Waals surface area (Å²) in [7, 11) is 0. The van der Waals surface area contributed by atoms with Crippen LogP contribution in [0.4, 0.5) is 0 Å². The van der Waals surface area contributed by atoms with E-state index in [1.807, 2.05) is 36.4 Å². The van der Waals surface area contributed by atoms with Crippen LogP contribution in [-0.4, -0.2) is 5.78 Å². The van der Waals surface area contributed by atoms with Crippen LogP contribution >= 0.6 is 11.6 Å². The Kier molecular flexibility index (Phi) is 4.80. The first-order chi connectivity index (χ1) is 9.60. The third kappa shape index (κ3) is 3.61. The third-order valence-corrected chi connectivity index (χ3v) is 3.35. The van der Waals surface area contributed by atoms with Gasteiger partial charge in [-0.1, -0.05) is 42.8 Å². The van der Waals surface area contributed by atoms with Gasteiger partial charge in [0.05, 0.1) is 0 Å². The summed E-state index contributed by atoms with van der Waals surface area (Å²) >= 11 is 6.02. The van der Waals surface area contributed by atoms with Crippen molar-refractivity contribution in [2.24, 2.45) is 0 Å². The maximum Gasteiger partial charge on any atom is 0.159 e. The minimum Gasteiger partial charge on any atom is -0.486 e. The lowest BCUT2D eigenvalue weighted by molar-refractivity contribution is 0.101. The molecule has 0 bridgehead atoms. The topological polar surface area (TPSA) is 26.3 Å². The molecule has 0 aliphatic heterocycles. The van der Waals surface area contributed by atoms with Gasteiger partial charge in [-0.25, -0.2) is 0 Å². The van der Waals surface area contributed by atoms with Gasteiger partial charge in [0.2, 0.25) is 0 Å². The molecule has 0 unspecified atom stereocenters. The third-order valence-electron chi connectivity index (χ3n) is 3.11. The molecule has 0 amide bonds. The van der Waals surface area contributed by atoms with Crippen LogP contribution in [0.25, 0.3) is 0 Å². The summed E-state index contributed by atoms with van der Waals surface area (Å²) in [6, 6.07) is 14.9. The summed E-state index contributed by atoms with van der Waals surface area (Å²) in [6.45, 7) is 3.60. The number of halogens is 1. The molecule has 2 nitrogen and oxygen atoms in total. The zero-order chi connectivity index (χ0) is 14.5. The number of Topliss-reactive ketones (excluding diaryl/α,β-unsaturated/α-hetero) is 1. The highest BCUT2D eigenvalue weighted by atomic mass is 35.5. The van der Waals surface area contributed by atoms with E-state index in [0.717, 1.165) is 12.0 Å². The molecule has 1 atom stereocenters. The van der Waals surface area contributed by atoms with Gasteiger partial charge in [0.15, 0.2) is 5.78 Å². The van der Waals surface area contributed by atoms with E-state index in [9.17, 15) is 4.79 Å².